The first-order valence-corrected chi connectivity index (χ1v) is 22.5. The Balaban J connectivity index is 1.20. The van der Waals surface area contributed by atoms with Gasteiger partial charge in [0.25, 0.3) is 0 Å². The van der Waals surface area contributed by atoms with Crippen LogP contribution in [0.4, 0.5) is 0 Å². The highest BCUT2D eigenvalue weighted by atomic mass is 33.1. The second-order valence-electron chi connectivity index (χ2n) is 10.6. The molecule has 44 heavy (non-hydrogen) atoms. The lowest BCUT2D eigenvalue weighted by Gasteiger charge is -2.18. The predicted molar refractivity (Wildman–Crippen MR) is 213 cm³/mol. The molecule has 0 saturated carbocycles. The summed E-state index contributed by atoms with van der Waals surface area (Å²) in [7, 11) is 4.23. The minimum atomic E-state index is 0.696. The third-order valence-electron chi connectivity index (χ3n) is 7.13. The fraction of sp³-hybridized carbons (Fsp3) is 0.368. The maximum Gasteiger partial charge on any atom is 0.0237 e. The fourth-order valence-electron chi connectivity index (χ4n) is 4.61. The van der Waals surface area contributed by atoms with E-state index in [1.807, 2.05) is 0 Å². The topological polar surface area (TPSA) is 0 Å². The van der Waals surface area contributed by atoms with Gasteiger partial charge >= 0.3 is 0 Å². The van der Waals surface area contributed by atoms with E-state index >= 15 is 0 Å². The van der Waals surface area contributed by atoms with Crippen molar-refractivity contribution in [2.45, 2.75) is 36.2 Å². The molecule has 0 aliphatic rings. The zero-order valence-electron chi connectivity index (χ0n) is 25.6. The Hall–Kier alpha value is -1.02. The zero-order valence-corrected chi connectivity index (χ0v) is 30.5. The molecule has 0 aliphatic carbocycles. The van der Waals surface area contributed by atoms with Crippen molar-refractivity contribution in [1.82, 2.24) is 0 Å². The van der Waals surface area contributed by atoms with Gasteiger partial charge in [-0.15, -0.1) is 0 Å². The van der Waals surface area contributed by atoms with Gasteiger partial charge in [0.15, 0.2) is 0 Å². The zero-order chi connectivity index (χ0) is 30.3. The second kappa shape index (κ2) is 23.3. The minimum Gasteiger partial charge on any atom is -0.160 e. The molecule has 6 heteroatoms. The number of benzene rings is 4. The van der Waals surface area contributed by atoms with Gasteiger partial charge in [-0.25, -0.2) is 0 Å². The second-order valence-corrected chi connectivity index (χ2v) is 18.3. The Morgan fingerprint density at radius 1 is 0.341 bits per heavy atom. The summed E-state index contributed by atoms with van der Waals surface area (Å²) >= 11 is 8.64. The lowest BCUT2D eigenvalue weighted by atomic mass is 10.2. The summed E-state index contributed by atoms with van der Waals surface area (Å²) in [6.45, 7) is 0. The van der Waals surface area contributed by atoms with Crippen LogP contribution < -0.4 is 0 Å². The van der Waals surface area contributed by atoms with Crippen LogP contribution in [0.25, 0.3) is 0 Å². The average Bonchev–Trinajstić information content (AvgIpc) is 3.08. The monoisotopic (exact) mass is 694 g/mol. The first-order chi connectivity index (χ1) is 21.8. The number of hydrogen-bond donors (Lipinski definition) is 0. The molecule has 0 heterocycles. The SMILES string of the molecule is c1ccc(CCSCC(CSSCC(CSCCc2ccccc2)SCCc2ccccc2)SCCc2ccccc2)cc1. The number of aryl methyl sites for hydroxylation is 4. The van der Waals surface area contributed by atoms with Crippen LogP contribution in [0, 0.1) is 0 Å². The summed E-state index contributed by atoms with van der Waals surface area (Å²) < 4.78 is 0. The van der Waals surface area contributed by atoms with E-state index in [-0.39, 0.29) is 0 Å². The summed E-state index contributed by atoms with van der Waals surface area (Å²) in [4.78, 5) is 0. The maximum absolute atomic E-state index is 2.27. The highest BCUT2D eigenvalue weighted by Crippen LogP contribution is 2.32. The van der Waals surface area contributed by atoms with Gasteiger partial charge in [0.1, 0.15) is 0 Å². The van der Waals surface area contributed by atoms with Gasteiger partial charge < -0.3 is 0 Å². The standard InChI is InChI=1S/C38H46S6/c1-5-13-33(14-6-1)21-25-39-29-37(41-27-23-35-17-9-3-10-18-35)31-43-44-32-38(42-28-24-36-19-11-4-12-20-36)30-40-26-22-34-15-7-2-8-16-34/h1-20,37-38H,21-32H2. The Morgan fingerprint density at radius 2 is 0.636 bits per heavy atom. The highest BCUT2D eigenvalue weighted by molar-refractivity contribution is 8.76. The van der Waals surface area contributed by atoms with Crippen molar-refractivity contribution in [2.24, 2.45) is 0 Å². The molecule has 234 valence electrons. The van der Waals surface area contributed by atoms with Gasteiger partial charge in [-0.2, -0.15) is 47.0 Å². The van der Waals surface area contributed by atoms with Gasteiger partial charge in [-0.05, 0) is 70.9 Å². The lowest BCUT2D eigenvalue weighted by molar-refractivity contribution is 1.10. The van der Waals surface area contributed by atoms with Crippen LogP contribution in [0.3, 0.4) is 0 Å². The minimum absolute atomic E-state index is 0.696. The Kier molecular flexibility index (Phi) is 19.0. The van der Waals surface area contributed by atoms with Crippen molar-refractivity contribution in [3.8, 4) is 0 Å². The van der Waals surface area contributed by atoms with Gasteiger partial charge in [0, 0.05) is 33.5 Å². The van der Waals surface area contributed by atoms with Gasteiger partial charge in [0.05, 0.1) is 0 Å². The smallest absolute Gasteiger partial charge is 0.0237 e. The van der Waals surface area contributed by atoms with E-state index in [1.54, 1.807) is 0 Å². The molecule has 0 saturated heterocycles. The van der Waals surface area contributed by atoms with E-state index < -0.39 is 0 Å². The third kappa shape index (κ3) is 16.0. The first-order valence-electron chi connectivity index (χ1n) is 15.6. The van der Waals surface area contributed by atoms with Crippen molar-refractivity contribution < 1.29 is 0 Å². The van der Waals surface area contributed by atoms with E-state index in [2.05, 4.69) is 190 Å². The summed E-state index contributed by atoms with van der Waals surface area (Å²) in [6.07, 6.45) is 4.65. The first kappa shape index (κ1) is 35.8. The summed E-state index contributed by atoms with van der Waals surface area (Å²) in [6, 6.07) is 43.8. The molecule has 2 unspecified atom stereocenters. The van der Waals surface area contributed by atoms with Crippen LogP contribution in [0.5, 0.6) is 0 Å². The fourth-order valence-corrected chi connectivity index (χ4v) is 13.5. The molecular weight excluding hydrogens is 649 g/mol. The van der Waals surface area contributed by atoms with E-state index in [4.69, 9.17) is 0 Å². The van der Waals surface area contributed by atoms with Crippen molar-refractivity contribution >= 4 is 68.6 Å². The van der Waals surface area contributed by atoms with Crippen LogP contribution in [-0.2, 0) is 25.7 Å². The van der Waals surface area contributed by atoms with E-state index in [9.17, 15) is 0 Å². The normalized spacial score (nSPS) is 12.6. The molecule has 0 nitrogen and oxygen atoms in total. The van der Waals surface area contributed by atoms with E-state index in [0.29, 0.717) is 10.5 Å². The van der Waals surface area contributed by atoms with Crippen LogP contribution in [0.1, 0.15) is 22.3 Å². The Bertz CT molecular complexity index is 1120. The molecule has 0 N–H and O–H groups in total. The number of thioether (sulfide) groups is 4. The highest BCUT2D eigenvalue weighted by Gasteiger charge is 2.14. The molecule has 0 amide bonds. The van der Waals surface area contributed by atoms with Crippen molar-refractivity contribution in [3.63, 3.8) is 0 Å². The van der Waals surface area contributed by atoms with E-state index in [1.165, 1.54) is 81.1 Å². The number of hydrogen-bond acceptors (Lipinski definition) is 6. The van der Waals surface area contributed by atoms with Gasteiger partial charge in [0.2, 0.25) is 0 Å². The molecule has 0 fully saturated rings. The van der Waals surface area contributed by atoms with Crippen LogP contribution in [0.2, 0.25) is 0 Å². The average molecular weight is 695 g/mol. The molecule has 4 aromatic rings. The van der Waals surface area contributed by atoms with Gasteiger partial charge in [-0.3, -0.25) is 0 Å². The largest absolute Gasteiger partial charge is 0.160 e. The molecule has 2 atom stereocenters. The molecular formula is C38H46S6. The summed E-state index contributed by atoms with van der Waals surface area (Å²) in [5, 5.41) is 1.39. The third-order valence-corrected chi connectivity index (χ3v) is 15.3. The summed E-state index contributed by atoms with van der Waals surface area (Å²) in [5.41, 5.74) is 5.82. The Labute approximate surface area is 292 Å². The lowest BCUT2D eigenvalue weighted by Crippen LogP contribution is -2.14. The maximum atomic E-state index is 2.27. The van der Waals surface area contributed by atoms with Crippen molar-refractivity contribution in [1.29, 1.82) is 0 Å². The molecule has 4 aromatic carbocycles. The van der Waals surface area contributed by atoms with Gasteiger partial charge in [-0.1, -0.05) is 143 Å². The quantitative estimate of drug-likeness (QED) is 0.0556. The van der Waals surface area contributed by atoms with E-state index in [0.717, 1.165) is 12.8 Å². The summed E-state index contributed by atoms with van der Waals surface area (Å²) in [5.74, 6) is 9.76. The molecule has 0 aliphatic heterocycles. The molecule has 0 aromatic heterocycles. The predicted octanol–water partition coefficient (Wildman–Crippen LogP) is 11.0. The molecule has 4 rings (SSSR count). The molecule has 0 spiro atoms. The van der Waals surface area contributed by atoms with Crippen LogP contribution in [-0.4, -0.2) is 56.5 Å². The molecule has 0 radical (unpaired) electrons. The van der Waals surface area contributed by atoms with Crippen LogP contribution in [0.15, 0.2) is 121 Å². The van der Waals surface area contributed by atoms with Crippen molar-refractivity contribution in [3.05, 3.63) is 144 Å². The number of rotatable bonds is 23. The molecule has 0 bridgehead atoms. The van der Waals surface area contributed by atoms with Crippen LogP contribution >= 0.6 is 68.6 Å². The van der Waals surface area contributed by atoms with Crippen molar-refractivity contribution in [2.75, 3.05) is 46.0 Å². The Morgan fingerprint density at radius 3 is 0.955 bits per heavy atom.